The molecule has 1 amide bonds. The Morgan fingerprint density at radius 3 is 2.72 bits per heavy atom. The Morgan fingerprint density at radius 1 is 1.28 bits per heavy atom. The fraction of sp³-hybridized carbons (Fsp3) is 0.167. The lowest BCUT2D eigenvalue weighted by Gasteiger charge is -2.07. The molecule has 0 aliphatic carbocycles. The van der Waals surface area contributed by atoms with Crippen molar-refractivity contribution < 1.29 is 14.1 Å². The quantitative estimate of drug-likeness (QED) is 0.536. The van der Waals surface area contributed by atoms with Gasteiger partial charge in [0.1, 0.15) is 5.58 Å². The highest BCUT2D eigenvalue weighted by Crippen LogP contribution is 2.29. The lowest BCUT2D eigenvalue weighted by molar-refractivity contribution is -0.384. The Hall–Kier alpha value is -2.86. The summed E-state index contributed by atoms with van der Waals surface area (Å²) in [5, 5.41) is 14.4. The predicted octanol–water partition coefficient (Wildman–Crippen LogP) is 4.79. The maximum Gasteiger partial charge on any atom is 0.271 e. The number of hydrogen-bond acceptors (Lipinski definition) is 4. The van der Waals surface area contributed by atoms with Crippen LogP contribution in [0.5, 0.6) is 0 Å². The van der Waals surface area contributed by atoms with Crippen LogP contribution < -0.4 is 5.32 Å². The average Bonchev–Trinajstić information content (AvgIpc) is 2.96. The number of anilines is 1. The molecule has 7 heteroatoms. The van der Waals surface area contributed by atoms with E-state index >= 15 is 0 Å². The van der Waals surface area contributed by atoms with Crippen molar-refractivity contribution in [1.29, 1.82) is 0 Å². The SMILES string of the molecule is Cc1ccc2c(CC(=O)Nc3ccc([N+](=O)[O-])cc3Cl)coc2c1C. The second-order valence-corrected chi connectivity index (χ2v) is 6.20. The number of furan rings is 1. The van der Waals surface area contributed by atoms with Crippen LogP contribution in [0.2, 0.25) is 5.02 Å². The van der Waals surface area contributed by atoms with Crippen molar-refractivity contribution in [2.24, 2.45) is 0 Å². The number of non-ortho nitro benzene ring substituents is 1. The third kappa shape index (κ3) is 3.34. The van der Waals surface area contributed by atoms with Crippen LogP contribution in [0.1, 0.15) is 16.7 Å². The van der Waals surface area contributed by atoms with Gasteiger partial charge >= 0.3 is 0 Å². The number of nitro benzene ring substituents is 1. The van der Waals surface area contributed by atoms with Crippen LogP contribution in [-0.2, 0) is 11.2 Å². The molecule has 6 nitrogen and oxygen atoms in total. The van der Waals surface area contributed by atoms with E-state index in [2.05, 4.69) is 5.32 Å². The third-order valence-electron chi connectivity index (χ3n) is 4.13. The molecule has 0 aliphatic rings. The van der Waals surface area contributed by atoms with Crippen molar-refractivity contribution in [3.63, 3.8) is 0 Å². The molecule has 0 atom stereocenters. The van der Waals surface area contributed by atoms with Gasteiger partial charge in [-0.2, -0.15) is 0 Å². The van der Waals surface area contributed by atoms with Crippen LogP contribution in [0.25, 0.3) is 11.0 Å². The van der Waals surface area contributed by atoms with Crippen molar-refractivity contribution in [2.45, 2.75) is 20.3 Å². The normalized spacial score (nSPS) is 10.8. The molecular formula is C18H15ClN2O4. The van der Waals surface area contributed by atoms with E-state index in [1.165, 1.54) is 18.2 Å². The summed E-state index contributed by atoms with van der Waals surface area (Å²) >= 11 is 5.99. The zero-order valence-corrected chi connectivity index (χ0v) is 14.4. The largest absolute Gasteiger partial charge is 0.464 e. The number of fused-ring (bicyclic) bond motifs is 1. The van der Waals surface area contributed by atoms with Gasteiger partial charge in [0.2, 0.25) is 5.91 Å². The highest BCUT2D eigenvalue weighted by molar-refractivity contribution is 6.34. The fourth-order valence-corrected chi connectivity index (χ4v) is 2.83. The smallest absolute Gasteiger partial charge is 0.271 e. The summed E-state index contributed by atoms with van der Waals surface area (Å²) in [6.07, 6.45) is 1.69. The molecule has 1 aromatic heterocycles. The van der Waals surface area contributed by atoms with Gasteiger partial charge in [0.25, 0.3) is 5.69 Å². The molecule has 25 heavy (non-hydrogen) atoms. The molecule has 0 saturated heterocycles. The van der Waals surface area contributed by atoms with Gasteiger partial charge in [-0.15, -0.1) is 0 Å². The topological polar surface area (TPSA) is 85.4 Å². The molecular weight excluding hydrogens is 344 g/mol. The molecule has 0 unspecified atom stereocenters. The first kappa shape index (κ1) is 17.0. The number of halogens is 1. The zero-order valence-electron chi connectivity index (χ0n) is 13.6. The summed E-state index contributed by atoms with van der Waals surface area (Å²) in [7, 11) is 0. The number of rotatable bonds is 4. The van der Waals surface area contributed by atoms with Gasteiger partial charge < -0.3 is 9.73 Å². The van der Waals surface area contributed by atoms with Gasteiger partial charge in [-0.3, -0.25) is 14.9 Å². The molecule has 0 saturated carbocycles. The number of aryl methyl sites for hydroxylation is 2. The van der Waals surface area contributed by atoms with Gasteiger partial charge in [0.05, 0.1) is 28.3 Å². The lowest BCUT2D eigenvalue weighted by Crippen LogP contribution is -2.14. The number of hydrogen-bond donors (Lipinski definition) is 1. The molecule has 2 aromatic carbocycles. The summed E-state index contributed by atoms with van der Waals surface area (Å²) in [6.45, 7) is 3.97. The van der Waals surface area contributed by atoms with Crippen molar-refractivity contribution in [3.8, 4) is 0 Å². The van der Waals surface area contributed by atoms with Crippen LogP contribution in [-0.4, -0.2) is 10.8 Å². The van der Waals surface area contributed by atoms with Crippen LogP contribution in [0, 0.1) is 24.0 Å². The first-order chi connectivity index (χ1) is 11.9. The number of nitrogens with zero attached hydrogens (tertiary/aromatic N) is 1. The third-order valence-corrected chi connectivity index (χ3v) is 4.44. The molecule has 0 bridgehead atoms. The summed E-state index contributed by atoms with van der Waals surface area (Å²) in [6, 6.07) is 7.83. The second kappa shape index (κ2) is 6.57. The maximum atomic E-state index is 12.3. The van der Waals surface area contributed by atoms with E-state index in [1.54, 1.807) is 6.26 Å². The van der Waals surface area contributed by atoms with Crippen LogP contribution in [0.4, 0.5) is 11.4 Å². The average molecular weight is 359 g/mol. The van der Waals surface area contributed by atoms with Gasteiger partial charge in [0, 0.05) is 23.1 Å². The van der Waals surface area contributed by atoms with Crippen LogP contribution in [0.3, 0.4) is 0 Å². The van der Waals surface area contributed by atoms with Gasteiger partial charge in [0.15, 0.2) is 0 Å². The van der Waals surface area contributed by atoms with E-state index in [0.29, 0.717) is 5.69 Å². The van der Waals surface area contributed by atoms with E-state index in [0.717, 1.165) is 27.7 Å². The first-order valence-corrected chi connectivity index (χ1v) is 7.94. The summed E-state index contributed by atoms with van der Waals surface area (Å²) < 4.78 is 5.60. The monoisotopic (exact) mass is 358 g/mol. The molecule has 0 fully saturated rings. The van der Waals surface area contributed by atoms with Crippen molar-refractivity contribution >= 4 is 39.9 Å². The number of nitrogens with one attached hydrogen (secondary N) is 1. The van der Waals surface area contributed by atoms with Gasteiger partial charge in [-0.05, 0) is 31.0 Å². The number of carbonyl (C=O) groups is 1. The summed E-state index contributed by atoms with van der Waals surface area (Å²) in [5.74, 6) is -0.281. The molecule has 0 radical (unpaired) electrons. The predicted molar refractivity (Wildman–Crippen MR) is 96.1 cm³/mol. The molecule has 128 valence electrons. The summed E-state index contributed by atoms with van der Waals surface area (Å²) in [5.41, 5.74) is 3.91. The van der Waals surface area contributed by atoms with E-state index in [-0.39, 0.29) is 23.0 Å². The minimum Gasteiger partial charge on any atom is -0.464 e. The van der Waals surface area contributed by atoms with Crippen LogP contribution >= 0.6 is 11.6 Å². The number of amides is 1. The summed E-state index contributed by atoms with van der Waals surface area (Å²) in [4.78, 5) is 22.5. The zero-order chi connectivity index (χ0) is 18.1. The Labute approximate surface area is 148 Å². The van der Waals surface area contributed by atoms with Crippen molar-refractivity contribution in [1.82, 2.24) is 0 Å². The Bertz CT molecular complexity index is 994. The van der Waals surface area contributed by atoms with Crippen molar-refractivity contribution in [2.75, 3.05) is 5.32 Å². The fourth-order valence-electron chi connectivity index (χ4n) is 2.61. The van der Waals surface area contributed by atoms with Crippen molar-refractivity contribution in [3.05, 3.63) is 68.4 Å². The lowest BCUT2D eigenvalue weighted by atomic mass is 10.0. The molecule has 0 aliphatic heterocycles. The maximum absolute atomic E-state index is 12.3. The molecule has 1 heterocycles. The highest BCUT2D eigenvalue weighted by Gasteiger charge is 2.15. The number of benzene rings is 2. The molecule has 3 rings (SSSR count). The van der Waals surface area contributed by atoms with E-state index in [1.807, 2.05) is 26.0 Å². The van der Waals surface area contributed by atoms with E-state index in [9.17, 15) is 14.9 Å². The Balaban J connectivity index is 1.80. The molecule has 1 N–H and O–H groups in total. The first-order valence-electron chi connectivity index (χ1n) is 7.57. The Morgan fingerprint density at radius 2 is 2.04 bits per heavy atom. The number of carbonyl (C=O) groups excluding carboxylic acids is 1. The van der Waals surface area contributed by atoms with Gasteiger partial charge in [-0.1, -0.05) is 23.7 Å². The van der Waals surface area contributed by atoms with Crippen LogP contribution in [0.15, 0.2) is 41.0 Å². The van der Waals surface area contributed by atoms with Gasteiger partial charge in [-0.25, -0.2) is 0 Å². The highest BCUT2D eigenvalue weighted by atomic mass is 35.5. The molecule has 3 aromatic rings. The standard InChI is InChI=1S/C18H15ClN2O4/c1-10-3-5-14-12(9-25-18(14)11(10)2)7-17(22)20-16-6-4-13(21(23)24)8-15(16)19/h3-6,8-9H,7H2,1-2H3,(H,20,22). The second-order valence-electron chi connectivity index (χ2n) is 5.79. The number of nitro groups is 1. The minimum absolute atomic E-state index is 0.114. The molecule has 0 spiro atoms. The van der Waals surface area contributed by atoms with E-state index in [4.69, 9.17) is 16.0 Å². The Kier molecular flexibility index (Phi) is 4.46. The minimum atomic E-state index is -0.542. The van der Waals surface area contributed by atoms with E-state index < -0.39 is 4.92 Å².